The van der Waals surface area contributed by atoms with Crippen molar-refractivity contribution in [1.82, 2.24) is 0 Å². The molecule has 0 atom stereocenters. The Hall–Kier alpha value is -4.20. The Morgan fingerprint density at radius 2 is 1.63 bits per heavy atom. The van der Waals surface area contributed by atoms with E-state index in [4.69, 9.17) is 4.74 Å². The number of amides is 1. The topological polar surface area (TPSA) is 122 Å². The van der Waals surface area contributed by atoms with Gasteiger partial charge in [0, 0.05) is 35.0 Å². The van der Waals surface area contributed by atoms with Gasteiger partial charge in [-0.3, -0.25) is 14.9 Å². The van der Waals surface area contributed by atoms with Gasteiger partial charge in [-0.1, -0.05) is 12.1 Å². The molecule has 3 rings (SSSR count). The molecule has 30 heavy (non-hydrogen) atoms. The maximum absolute atomic E-state index is 12.6. The van der Waals surface area contributed by atoms with E-state index in [2.05, 4.69) is 5.32 Å². The third-order valence-electron chi connectivity index (χ3n) is 4.48. The third kappa shape index (κ3) is 4.61. The number of nitro benzene ring substituents is 1. The number of carboxylic acids is 1. The highest BCUT2D eigenvalue weighted by Gasteiger charge is 2.17. The maximum atomic E-state index is 12.6. The van der Waals surface area contributed by atoms with Gasteiger partial charge in [0.25, 0.3) is 11.6 Å². The minimum Gasteiger partial charge on any atom is -0.545 e. The molecule has 0 fully saturated rings. The van der Waals surface area contributed by atoms with Gasteiger partial charge in [0.1, 0.15) is 11.5 Å². The summed E-state index contributed by atoms with van der Waals surface area (Å²) >= 11 is 0. The van der Waals surface area contributed by atoms with Crippen molar-refractivity contribution < 1.29 is 24.4 Å². The van der Waals surface area contributed by atoms with Crippen LogP contribution in [-0.2, 0) is 0 Å². The van der Waals surface area contributed by atoms with Gasteiger partial charge in [-0.25, -0.2) is 0 Å². The van der Waals surface area contributed by atoms with Crippen molar-refractivity contribution >= 4 is 23.3 Å². The smallest absolute Gasteiger partial charge is 0.270 e. The van der Waals surface area contributed by atoms with Gasteiger partial charge in [0.2, 0.25) is 0 Å². The van der Waals surface area contributed by atoms with E-state index in [-0.39, 0.29) is 5.56 Å². The molecule has 0 aromatic heterocycles. The number of benzene rings is 3. The predicted octanol–water partition coefficient (Wildman–Crippen LogP) is 3.62. The van der Waals surface area contributed by atoms with Crippen LogP contribution >= 0.6 is 0 Å². The van der Waals surface area contributed by atoms with E-state index >= 15 is 0 Å². The highest BCUT2D eigenvalue weighted by molar-refractivity contribution is 6.10. The molecular formula is C22H17N2O6-. The summed E-state index contributed by atoms with van der Waals surface area (Å²) in [5.74, 6) is -1.32. The summed E-state index contributed by atoms with van der Waals surface area (Å²) < 4.78 is 5.82. The Labute approximate surface area is 171 Å². The minimum absolute atomic E-state index is 0.249. The van der Waals surface area contributed by atoms with Crippen molar-refractivity contribution in [3.63, 3.8) is 0 Å². The fraction of sp³-hybridized carbons (Fsp3) is 0.0909. The number of hydrogen-bond donors (Lipinski definition) is 1. The number of anilines is 1. The van der Waals surface area contributed by atoms with Crippen molar-refractivity contribution in [3.05, 3.63) is 93.0 Å². The van der Waals surface area contributed by atoms with E-state index in [9.17, 15) is 24.8 Å². The summed E-state index contributed by atoms with van der Waals surface area (Å²) in [6.45, 7) is 3.96. The molecule has 0 saturated carbocycles. The van der Waals surface area contributed by atoms with Crippen LogP contribution in [-0.4, -0.2) is 16.8 Å². The van der Waals surface area contributed by atoms with Gasteiger partial charge >= 0.3 is 0 Å². The standard InChI is InChI=1S/C22H18N2O6/c1-13-6-8-18(10-14(13)2)30-17-5-3-4-15(11-17)23-21(25)19-9-7-16(24(28)29)12-20(19)22(26)27/h3-12H,1-2H3,(H,23,25)(H,26,27)/p-1. The first kappa shape index (κ1) is 20.5. The lowest BCUT2D eigenvalue weighted by Gasteiger charge is -2.12. The summed E-state index contributed by atoms with van der Waals surface area (Å²) in [7, 11) is 0. The van der Waals surface area contributed by atoms with E-state index in [1.54, 1.807) is 24.3 Å². The summed E-state index contributed by atoms with van der Waals surface area (Å²) in [6.07, 6.45) is 0. The van der Waals surface area contributed by atoms with Crippen LogP contribution in [0.2, 0.25) is 0 Å². The van der Waals surface area contributed by atoms with Gasteiger partial charge in [0.15, 0.2) is 0 Å². The summed E-state index contributed by atoms with van der Waals surface area (Å²) in [6, 6.07) is 15.2. The SMILES string of the molecule is Cc1ccc(Oc2cccc(NC(=O)c3ccc([N+](=O)[O-])cc3C(=O)[O-])c2)cc1C. The van der Waals surface area contributed by atoms with Crippen LogP contribution < -0.4 is 15.2 Å². The predicted molar refractivity (Wildman–Crippen MR) is 108 cm³/mol. The molecule has 0 heterocycles. The van der Waals surface area contributed by atoms with Crippen molar-refractivity contribution in [2.24, 2.45) is 0 Å². The molecule has 1 amide bonds. The number of aryl methyl sites for hydroxylation is 2. The normalized spacial score (nSPS) is 10.3. The highest BCUT2D eigenvalue weighted by atomic mass is 16.6. The third-order valence-corrected chi connectivity index (χ3v) is 4.48. The van der Waals surface area contributed by atoms with Crippen LogP contribution in [0.3, 0.4) is 0 Å². The average molecular weight is 405 g/mol. The number of nitrogens with one attached hydrogen (secondary N) is 1. The molecule has 1 N–H and O–H groups in total. The van der Waals surface area contributed by atoms with Crippen LogP contribution in [0.4, 0.5) is 11.4 Å². The summed E-state index contributed by atoms with van der Waals surface area (Å²) in [5.41, 5.74) is 1.31. The van der Waals surface area contributed by atoms with Gasteiger partial charge in [-0.15, -0.1) is 0 Å². The Balaban J connectivity index is 1.82. The van der Waals surface area contributed by atoms with Crippen molar-refractivity contribution in [2.45, 2.75) is 13.8 Å². The zero-order valence-corrected chi connectivity index (χ0v) is 16.2. The molecule has 0 spiro atoms. The fourth-order valence-electron chi connectivity index (χ4n) is 2.76. The van der Waals surface area contributed by atoms with Crippen LogP contribution in [0.25, 0.3) is 0 Å². The average Bonchev–Trinajstić information content (AvgIpc) is 2.70. The highest BCUT2D eigenvalue weighted by Crippen LogP contribution is 2.26. The van der Waals surface area contributed by atoms with E-state index in [1.165, 1.54) is 0 Å². The molecule has 8 nitrogen and oxygen atoms in total. The van der Waals surface area contributed by atoms with Gasteiger partial charge in [0.05, 0.1) is 10.9 Å². The first-order valence-corrected chi connectivity index (χ1v) is 8.91. The van der Waals surface area contributed by atoms with Gasteiger partial charge in [-0.2, -0.15) is 0 Å². The lowest BCUT2D eigenvalue weighted by molar-refractivity contribution is -0.385. The monoisotopic (exact) mass is 405 g/mol. The second-order valence-corrected chi connectivity index (χ2v) is 6.60. The Bertz CT molecular complexity index is 1160. The summed E-state index contributed by atoms with van der Waals surface area (Å²) in [5, 5.41) is 24.8. The molecule has 0 aliphatic rings. The van der Waals surface area contributed by atoms with Gasteiger partial charge < -0.3 is 20.0 Å². The fourth-order valence-corrected chi connectivity index (χ4v) is 2.76. The largest absolute Gasteiger partial charge is 0.545 e. The number of hydrogen-bond acceptors (Lipinski definition) is 6. The molecule has 0 bridgehead atoms. The van der Waals surface area contributed by atoms with E-state index in [1.807, 2.05) is 32.0 Å². The number of non-ortho nitro benzene ring substituents is 1. The van der Waals surface area contributed by atoms with Crippen molar-refractivity contribution in [3.8, 4) is 11.5 Å². The Morgan fingerprint density at radius 1 is 0.900 bits per heavy atom. The maximum Gasteiger partial charge on any atom is 0.270 e. The minimum atomic E-state index is -1.68. The first-order chi connectivity index (χ1) is 14.2. The number of nitrogens with zero attached hydrogens (tertiary/aromatic N) is 1. The molecule has 0 aliphatic heterocycles. The Kier molecular flexibility index (Phi) is 5.78. The van der Waals surface area contributed by atoms with E-state index < -0.39 is 28.1 Å². The molecule has 8 heteroatoms. The summed E-state index contributed by atoms with van der Waals surface area (Å²) in [4.78, 5) is 34.0. The molecule has 152 valence electrons. The molecule has 0 aliphatic carbocycles. The van der Waals surface area contributed by atoms with Crippen molar-refractivity contribution in [2.75, 3.05) is 5.32 Å². The van der Waals surface area contributed by atoms with E-state index in [0.717, 1.165) is 29.3 Å². The molecule has 0 radical (unpaired) electrons. The zero-order valence-electron chi connectivity index (χ0n) is 16.2. The number of ether oxygens (including phenoxy) is 1. The second kappa shape index (κ2) is 8.44. The molecule has 3 aromatic rings. The molecule has 0 unspecified atom stereocenters. The number of aromatic carboxylic acids is 1. The first-order valence-electron chi connectivity index (χ1n) is 8.91. The number of carboxylic acid groups (broad SMARTS) is 1. The molecular weight excluding hydrogens is 388 g/mol. The second-order valence-electron chi connectivity index (χ2n) is 6.60. The van der Waals surface area contributed by atoms with Crippen LogP contribution in [0.15, 0.2) is 60.7 Å². The number of nitro groups is 1. The van der Waals surface area contributed by atoms with Crippen LogP contribution in [0.1, 0.15) is 31.8 Å². The van der Waals surface area contributed by atoms with Crippen LogP contribution in [0.5, 0.6) is 11.5 Å². The van der Waals surface area contributed by atoms with E-state index in [0.29, 0.717) is 17.2 Å². The number of carbonyl (C=O) groups is 2. The Morgan fingerprint density at radius 3 is 2.30 bits per heavy atom. The zero-order chi connectivity index (χ0) is 21.8. The molecule has 3 aromatic carbocycles. The quantitative estimate of drug-likeness (QED) is 0.494. The lowest BCUT2D eigenvalue weighted by atomic mass is 10.1. The number of rotatable bonds is 6. The van der Waals surface area contributed by atoms with Crippen molar-refractivity contribution in [1.29, 1.82) is 0 Å². The van der Waals surface area contributed by atoms with Crippen LogP contribution in [0, 0.1) is 24.0 Å². The molecule has 0 saturated heterocycles. The lowest BCUT2D eigenvalue weighted by Crippen LogP contribution is -2.26. The van der Waals surface area contributed by atoms with Gasteiger partial charge in [-0.05, 0) is 55.3 Å². The number of carbonyl (C=O) groups excluding carboxylic acids is 2.